The molecule has 0 aromatic heterocycles. The molecule has 1 aliphatic rings. The quantitative estimate of drug-likeness (QED) is 0.856. The SMILES string of the molecule is COc1cc2c(cc1OC)CN(C(=O)C(C)C)C(C(C)=O)C2. The Morgan fingerprint density at radius 3 is 2.14 bits per heavy atom. The Balaban J connectivity index is 2.44. The van der Waals surface area contributed by atoms with Crippen LogP contribution in [0, 0.1) is 5.92 Å². The molecule has 1 aromatic rings. The van der Waals surface area contributed by atoms with Crippen molar-refractivity contribution in [2.75, 3.05) is 14.2 Å². The molecule has 1 aliphatic heterocycles. The number of hydrogen-bond acceptors (Lipinski definition) is 4. The third-order valence-electron chi connectivity index (χ3n) is 4.08. The molecule has 0 fully saturated rings. The number of hydrogen-bond donors (Lipinski definition) is 0. The largest absolute Gasteiger partial charge is 0.493 e. The lowest BCUT2D eigenvalue weighted by molar-refractivity contribution is -0.142. The fourth-order valence-electron chi connectivity index (χ4n) is 2.84. The molecule has 22 heavy (non-hydrogen) atoms. The second-order valence-electron chi connectivity index (χ2n) is 5.93. The minimum atomic E-state index is -0.402. The van der Waals surface area contributed by atoms with Crippen LogP contribution < -0.4 is 9.47 Å². The summed E-state index contributed by atoms with van der Waals surface area (Å²) in [6.07, 6.45) is 0.517. The maximum Gasteiger partial charge on any atom is 0.226 e. The second kappa shape index (κ2) is 6.38. The van der Waals surface area contributed by atoms with Crippen LogP contribution in [-0.2, 0) is 22.6 Å². The molecule has 1 atom stereocenters. The molecule has 0 aliphatic carbocycles. The number of carbonyl (C=O) groups excluding carboxylic acids is 2. The molecule has 1 amide bonds. The van der Waals surface area contributed by atoms with Crippen LogP contribution in [0.15, 0.2) is 12.1 Å². The molecule has 0 bridgehead atoms. The van der Waals surface area contributed by atoms with E-state index in [-0.39, 0.29) is 17.6 Å². The molecule has 2 rings (SSSR count). The number of carbonyl (C=O) groups is 2. The van der Waals surface area contributed by atoms with Crippen LogP contribution in [0.1, 0.15) is 31.9 Å². The number of amides is 1. The zero-order valence-electron chi connectivity index (χ0n) is 13.8. The molecule has 0 saturated carbocycles. The Labute approximate surface area is 131 Å². The van der Waals surface area contributed by atoms with Crippen molar-refractivity contribution in [2.24, 2.45) is 5.92 Å². The highest BCUT2D eigenvalue weighted by atomic mass is 16.5. The minimum absolute atomic E-state index is 0.000588. The van der Waals surface area contributed by atoms with Gasteiger partial charge in [0.05, 0.1) is 20.3 Å². The normalized spacial score (nSPS) is 17.2. The van der Waals surface area contributed by atoms with Crippen molar-refractivity contribution in [1.82, 2.24) is 4.90 Å². The summed E-state index contributed by atoms with van der Waals surface area (Å²) < 4.78 is 10.6. The van der Waals surface area contributed by atoms with Gasteiger partial charge in [-0.3, -0.25) is 9.59 Å². The summed E-state index contributed by atoms with van der Waals surface area (Å²) >= 11 is 0. The zero-order valence-corrected chi connectivity index (χ0v) is 13.8. The summed E-state index contributed by atoms with van der Waals surface area (Å²) in [5.41, 5.74) is 2.04. The first kappa shape index (κ1) is 16.3. The Morgan fingerprint density at radius 1 is 1.14 bits per heavy atom. The van der Waals surface area contributed by atoms with Crippen molar-refractivity contribution in [3.05, 3.63) is 23.3 Å². The molecule has 1 unspecified atom stereocenters. The molecule has 120 valence electrons. The summed E-state index contributed by atoms with van der Waals surface area (Å²) in [7, 11) is 3.17. The Bertz CT molecular complexity index is 595. The van der Waals surface area contributed by atoms with Crippen molar-refractivity contribution < 1.29 is 19.1 Å². The van der Waals surface area contributed by atoms with Crippen LogP contribution in [0.5, 0.6) is 11.5 Å². The lowest BCUT2D eigenvalue weighted by atomic mass is 9.90. The van der Waals surface area contributed by atoms with E-state index in [1.165, 1.54) is 6.92 Å². The van der Waals surface area contributed by atoms with E-state index in [9.17, 15) is 9.59 Å². The van der Waals surface area contributed by atoms with Gasteiger partial charge in [-0.05, 0) is 30.2 Å². The molecule has 1 heterocycles. The number of nitrogens with zero attached hydrogens (tertiary/aromatic N) is 1. The van der Waals surface area contributed by atoms with E-state index in [4.69, 9.17) is 9.47 Å². The van der Waals surface area contributed by atoms with E-state index in [2.05, 4.69) is 0 Å². The zero-order chi connectivity index (χ0) is 16.4. The monoisotopic (exact) mass is 305 g/mol. The molecule has 0 saturated heterocycles. The number of Topliss-reactive ketones (excluding diaryl/α,β-unsaturated/α-hetero) is 1. The van der Waals surface area contributed by atoms with Gasteiger partial charge in [0, 0.05) is 18.9 Å². The highest BCUT2D eigenvalue weighted by molar-refractivity contribution is 5.89. The lowest BCUT2D eigenvalue weighted by Gasteiger charge is -2.37. The number of ether oxygens (including phenoxy) is 2. The van der Waals surface area contributed by atoms with Crippen LogP contribution in [0.4, 0.5) is 0 Å². The van der Waals surface area contributed by atoms with E-state index in [0.29, 0.717) is 24.5 Å². The van der Waals surface area contributed by atoms with Gasteiger partial charge in [0.15, 0.2) is 17.3 Å². The molecular formula is C17H23NO4. The van der Waals surface area contributed by atoms with Crippen molar-refractivity contribution in [1.29, 1.82) is 0 Å². The standard InChI is InChI=1S/C17H23NO4/c1-10(2)17(20)18-9-13-8-16(22-5)15(21-4)7-12(13)6-14(18)11(3)19/h7-8,10,14H,6,9H2,1-5H3. The van der Waals surface area contributed by atoms with Gasteiger partial charge < -0.3 is 14.4 Å². The summed E-state index contributed by atoms with van der Waals surface area (Å²) in [5.74, 6) is 1.16. The van der Waals surface area contributed by atoms with Gasteiger partial charge in [0.2, 0.25) is 5.91 Å². The van der Waals surface area contributed by atoms with Crippen LogP contribution in [0.25, 0.3) is 0 Å². The van der Waals surface area contributed by atoms with Gasteiger partial charge in [0.1, 0.15) is 0 Å². The fourth-order valence-corrected chi connectivity index (χ4v) is 2.84. The number of rotatable bonds is 4. The van der Waals surface area contributed by atoms with E-state index in [0.717, 1.165) is 11.1 Å². The molecular weight excluding hydrogens is 282 g/mol. The van der Waals surface area contributed by atoms with Crippen molar-refractivity contribution in [3.63, 3.8) is 0 Å². The first-order chi connectivity index (χ1) is 10.4. The highest BCUT2D eigenvalue weighted by Gasteiger charge is 2.34. The smallest absolute Gasteiger partial charge is 0.226 e. The van der Waals surface area contributed by atoms with Crippen molar-refractivity contribution >= 4 is 11.7 Å². The van der Waals surface area contributed by atoms with Gasteiger partial charge in [-0.1, -0.05) is 13.8 Å². The molecule has 5 nitrogen and oxygen atoms in total. The van der Waals surface area contributed by atoms with E-state index < -0.39 is 6.04 Å². The number of ketones is 1. The number of methoxy groups -OCH3 is 2. The Kier molecular flexibility index (Phi) is 4.74. The summed E-state index contributed by atoms with van der Waals surface area (Å²) in [6, 6.07) is 3.40. The van der Waals surface area contributed by atoms with E-state index in [1.807, 2.05) is 26.0 Å². The average molecular weight is 305 g/mol. The van der Waals surface area contributed by atoms with Gasteiger partial charge in [-0.2, -0.15) is 0 Å². The molecule has 5 heteroatoms. The van der Waals surface area contributed by atoms with E-state index >= 15 is 0 Å². The lowest BCUT2D eigenvalue weighted by Crippen LogP contribution is -2.49. The Hall–Kier alpha value is -2.04. The van der Waals surface area contributed by atoms with Gasteiger partial charge in [-0.25, -0.2) is 0 Å². The third kappa shape index (κ3) is 2.93. The van der Waals surface area contributed by atoms with Crippen molar-refractivity contribution in [3.8, 4) is 11.5 Å². The summed E-state index contributed by atoms with van der Waals surface area (Å²) in [5, 5.41) is 0. The van der Waals surface area contributed by atoms with Gasteiger partial charge in [-0.15, -0.1) is 0 Å². The first-order valence-corrected chi connectivity index (χ1v) is 7.43. The predicted octanol–water partition coefficient (Wildman–Crippen LogP) is 2.20. The first-order valence-electron chi connectivity index (χ1n) is 7.43. The highest BCUT2D eigenvalue weighted by Crippen LogP contribution is 2.35. The fraction of sp³-hybridized carbons (Fsp3) is 0.529. The molecule has 0 spiro atoms. The van der Waals surface area contributed by atoms with Crippen LogP contribution in [0.3, 0.4) is 0 Å². The average Bonchev–Trinajstić information content (AvgIpc) is 2.51. The maximum absolute atomic E-state index is 12.4. The third-order valence-corrected chi connectivity index (χ3v) is 4.08. The van der Waals surface area contributed by atoms with Crippen LogP contribution >= 0.6 is 0 Å². The van der Waals surface area contributed by atoms with Crippen LogP contribution in [0.2, 0.25) is 0 Å². The molecule has 0 radical (unpaired) electrons. The second-order valence-corrected chi connectivity index (χ2v) is 5.93. The van der Waals surface area contributed by atoms with Crippen LogP contribution in [-0.4, -0.2) is 36.9 Å². The number of benzene rings is 1. The Morgan fingerprint density at radius 2 is 1.68 bits per heavy atom. The number of fused-ring (bicyclic) bond motifs is 1. The van der Waals surface area contributed by atoms with E-state index in [1.54, 1.807) is 19.1 Å². The van der Waals surface area contributed by atoms with Gasteiger partial charge >= 0.3 is 0 Å². The summed E-state index contributed by atoms with van der Waals surface area (Å²) in [6.45, 7) is 5.67. The van der Waals surface area contributed by atoms with Crippen molar-refractivity contribution in [2.45, 2.75) is 39.8 Å². The molecule has 0 N–H and O–H groups in total. The predicted molar refractivity (Wildman–Crippen MR) is 83.1 cm³/mol. The van der Waals surface area contributed by atoms with Gasteiger partial charge in [0.25, 0.3) is 0 Å². The topological polar surface area (TPSA) is 55.8 Å². The minimum Gasteiger partial charge on any atom is -0.493 e. The maximum atomic E-state index is 12.4. The molecule has 1 aromatic carbocycles. The summed E-state index contributed by atoms with van der Waals surface area (Å²) in [4.78, 5) is 26.1.